The van der Waals surface area contributed by atoms with Gasteiger partial charge in [0.25, 0.3) is 0 Å². The lowest BCUT2D eigenvalue weighted by molar-refractivity contribution is -0.138. The Bertz CT molecular complexity index is 344. The summed E-state index contributed by atoms with van der Waals surface area (Å²) in [4.78, 5) is 0. The van der Waals surface area contributed by atoms with Crippen LogP contribution in [0.3, 0.4) is 0 Å². The van der Waals surface area contributed by atoms with Gasteiger partial charge in [-0.15, -0.1) is 10.2 Å². The van der Waals surface area contributed by atoms with E-state index in [0.29, 0.717) is 28.7 Å². The maximum Gasteiger partial charge on any atom is 0.445 e. The number of nitrogens with zero attached hydrogens (tertiary/aromatic N) is 2. The summed E-state index contributed by atoms with van der Waals surface area (Å²) in [5.41, 5.74) is 0. The van der Waals surface area contributed by atoms with Crippen LogP contribution in [0.1, 0.15) is 22.9 Å². The van der Waals surface area contributed by atoms with Crippen molar-refractivity contribution in [3.8, 4) is 0 Å². The summed E-state index contributed by atoms with van der Waals surface area (Å²) >= 11 is 0.658. The second-order valence-electron chi connectivity index (χ2n) is 3.92. The molecule has 1 aliphatic heterocycles. The van der Waals surface area contributed by atoms with Gasteiger partial charge in [0.15, 0.2) is 0 Å². The molecular weight excluding hydrogens is 239 g/mol. The predicted molar refractivity (Wildman–Crippen MR) is 54.2 cm³/mol. The van der Waals surface area contributed by atoms with Crippen LogP contribution < -0.4 is 5.32 Å². The molecule has 1 atom stereocenters. The third-order valence-corrected chi connectivity index (χ3v) is 3.56. The van der Waals surface area contributed by atoms with Gasteiger partial charge in [-0.3, -0.25) is 0 Å². The summed E-state index contributed by atoms with van der Waals surface area (Å²) in [6, 6.07) is 0. The first-order valence-electron chi connectivity index (χ1n) is 5.16. The minimum atomic E-state index is -4.36. The first kappa shape index (κ1) is 11.8. The lowest BCUT2D eigenvalue weighted by Crippen LogP contribution is -2.30. The van der Waals surface area contributed by atoms with Gasteiger partial charge in [-0.1, -0.05) is 11.3 Å². The molecule has 16 heavy (non-hydrogen) atoms. The van der Waals surface area contributed by atoms with E-state index < -0.39 is 11.2 Å². The molecule has 1 N–H and O–H groups in total. The molecule has 0 saturated carbocycles. The highest BCUT2D eigenvalue weighted by atomic mass is 32.1. The highest BCUT2D eigenvalue weighted by Gasteiger charge is 2.35. The van der Waals surface area contributed by atoms with E-state index >= 15 is 0 Å². The van der Waals surface area contributed by atoms with Gasteiger partial charge < -0.3 is 5.32 Å². The van der Waals surface area contributed by atoms with Crippen molar-refractivity contribution in [1.82, 2.24) is 15.5 Å². The fourth-order valence-corrected chi connectivity index (χ4v) is 2.62. The molecule has 0 spiro atoms. The van der Waals surface area contributed by atoms with Gasteiger partial charge in [-0.2, -0.15) is 13.2 Å². The van der Waals surface area contributed by atoms with E-state index in [9.17, 15) is 13.2 Å². The average Bonchev–Trinajstić information content (AvgIpc) is 2.67. The molecule has 0 radical (unpaired) electrons. The highest BCUT2D eigenvalue weighted by Crippen LogP contribution is 2.32. The smallest absolute Gasteiger partial charge is 0.316 e. The molecule has 1 aromatic rings. The van der Waals surface area contributed by atoms with Gasteiger partial charge in [0.1, 0.15) is 5.01 Å². The quantitative estimate of drug-likeness (QED) is 0.874. The van der Waals surface area contributed by atoms with E-state index in [-0.39, 0.29) is 0 Å². The standard InChI is InChI=1S/C9H12F3N3S/c10-9(11,12)8-15-14-7(16-8)4-6-2-1-3-13-5-6/h6,13H,1-5H2. The number of nitrogens with one attached hydrogen (secondary N) is 1. The predicted octanol–water partition coefficient (Wildman–Crippen LogP) is 2.10. The third kappa shape index (κ3) is 2.91. The molecule has 2 heterocycles. The number of halogens is 3. The Balaban J connectivity index is 1.97. The zero-order valence-corrected chi connectivity index (χ0v) is 9.37. The lowest BCUT2D eigenvalue weighted by atomic mass is 9.97. The van der Waals surface area contributed by atoms with E-state index in [1.54, 1.807) is 0 Å². The fourth-order valence-electron chi connectivity index (χ4n) is 1.80. The molecule has 0 aromatic carbocycles. The second kappa shape index (κ2) is 4.67. The Morgan fingerprint density at radius 2 is 2.19 bits per heavy atom. The number of hydrogen-bond donors (Lipinski definition) is 1. The van der Waals surface area contributed by atoms with Crippen molar-refractivity contribution >= 4 is 11.3 Å². The van der Waals surface area contributed by atoms with Crippen LogP contribution in [-0.2, 0) is 12.6 Å². The molecule has 1 unspecified atom stereocenters. The van der Waals surface area contributed by atoms with Crippen LogP contribution >= 0.6 is 11.3 Å². The molecule has 1 aromatic heterocycles. The van der Waals surface area contributed by atoms with Crippen molar-refractivity contribution in [3.05, 3.63) is 10.0 Å². The fraction of sp³-hybridized carbons (Fsp3) is 0.778. The normalized spacial score (nSPS) is 22.3. The summed E-state index contributed by atoms with van der Waals surface area (Å²) < 4.78 is 36.8. The minimum absolute atomic E-state index is 0.391. The largest absolute Gasteiger partial charge is 0.445 e. The number of alkyl halides is 3. The van der Waals surface area contributed by atoms with Crippen molar-refractivity contribution < 1.29 is 13.2 Å². The van der Waals surface area contributed by atoms with E-state index in [2.05, 4.69) is 15.5 Å². The maximum absolute atomic E-state index is 12.3. The monoisotopic (exact) mass is 251 g/mol. The van der Waals surface area contributed by atoms with Crippen molar-refractivity contribution in [3.63, 3.8) is 0 Å². The number of rotatable bonds is 2. The van der Waals surface area contributed by atoms with Crippen molar-refractivity contribution in [2.45, 2.75) is 25.4 Å². The van der Waals surface area contributed by atoms with Crippen LogP contribution in [0.25, 0.3) is 0 Å². The van der Waals surface area contributed by atoms with Crippen molar-refractivity contribution in [1.29, 1.82) is 0 Å². The van der Waals surface area contributed by atoms with Crippen molar-refractivity contribution in [2.75, 3.05) is 13.1 Å². The summed E-state index contributed by atoms with van der Waals surface area (Å²) in [6.45, 7) is 1.86. The summed E-state index contributed by atoms with van der Waals surface area (Å²) in [5.74, 6) is 0.391. The van der Waals surface area contributed by atoms with Crippen LogP contribution in [0.4, 0.5) is 13.2 Å². The Morgan fingerprint density at radius 3 is 2.75 bits per heavy atom. The maximum atomic E-state index is 12.3. The molecule has 3 nitrogen and oxygen atoms in total. The van der Waals surface area contributed by atoms with Crippen LogP contribution in [0, 0.1) is 5.92 Å². The van der Waals surface area contributed by atoms with E-state index in [1.165, 1.54) is 0 Å². The summed E-state index contributed by atoms with van der Waals surface area (Å²) in [5, 5.41) is 9.65. The zero-order valence-electron chi connectivity index (χ0n) is 8.55. The zero-order chi connectivity index (χ0) is 11.6. The third-order valence-electron chi connectivity index (χ3n) is 2.57. The molecule has 1 fully saturated rings. The van der Waals surface area contributed by atoms with Crippen LogP contribution in [0.2, 0.25) is 0 Å². The Hall–Kier alpha value is -0.690. The first-order chi connectivity index (χ1) is 7.55. The van der Waals surface area contributed by atoms with Crippen molar-refractivity contribution in [2.24, 2.45) is 5.92 Å². The van der Waals surface area contributed by atoms with Gasteiger partial charge in [-0.05, 0) is 31.8 Å². The topological polar surface area (TPSA) is 37.8 Å². The second-order valence-corrected chi connectivity index (χ2v) is 4.98. The molecule has 2 rings (SSSR count). The van der Waals surface area contributed by atoms with Crippen LogP contribution in [0.15, 0.2) is 0 Å². The lowest BCUT2D eigenvalue weighted by Gasteiger charge is -2.21. The summed E-state index contributed by atoms with van der Waals surface area (Å²) in [7, 11) is 0. The Morgan fingerprint density at radius 1 is 1.38 bits per heavy atom. The Kier molecular flexibility index (Phi) is 3.44. The minimum Gasteiger partial charge on any atom is -0.316 e. The number of aromatic nitrogens is 2. The first-order valence-corrected chi connectivity index (χ1v) is 5.97. The summed E-state index contributed by atoms with van der Waals surface area (Å²) in [6.07, 6.45) is -1.63. The van der Waals surface area contributed by atoms with Gasteiger partial charge >= 0.3 is 6.18 Å². The number of piperidine rings is 1. The molecule has 1 saturated heterocycles. The molecule has 0 aliphatic carbocycles. The molecule has 1 aliphatic rings. The van der Waals surface area contributed by atoms with Crippen LogP contribution in [-0.4, -0.2) is 23.3 Å². The molecule has 0 bridgehead atoms. The number of hydrogen-bond acceptors (Lipinski definition) is 4. The SMILES string of the molecule is FC(F)(F)c1nnc(CC2CCCNC2)s1. The van der Waals surface area contributed by atoms with Gasteiger partial charge in [-0.25, -0.2) is 0 Å². The van der Waals surface area contributed by atoms with E-state index in [0.717, 1.165) is 25.9 Å². The molecular formula is C9H12F3N3S. The van der Waals surface area contributed by atoms with E-state index in [4.69, 9.17) is 0 Å². The average molecular weight is 251 g/mol. The highest BCUT2D eigenvalue weighted by molar-refractivity contribution is 7.11. The van der Waals surface area contributed by atoms with Gasteiger partial charge in [0.05, 0.1) is 0 Å². The van der Waals surface area contributed by atoms with Crippen LogP contribution in [0.5, 0.6) is 0 Å². The molecule has 0 amide bonds. The van der Waals surface area contributed by atoms with Gasteiger partial charge in [0, 0.05) is 6.42 Å². The Labute approximate surface area is 95.1 Å². The van der Waals surface area contributed by atoms with Gasteiger partial charge in [0.2, 0.25) is 5.01 Å². The molecule has 90 valence electrons. The molecule has 7 heteroatoms. The van der Waals surface area contributed by atoms with E-state index in [1.807, 2.05) is 0 Å².